The number of likely N-dealkylation sites (tertiary alicyclic amines) is 1. The number of hydrogen-bond donors (Lipinski definition) is 2. The van der Waals surface area contributed by atoms with Crippen LogP contribution in [-0.4, -0.2) is 70.7 Å². The zero-order valence-corrected chi connectivity index (χ0v) is 15.9. The Balaban J connectivity index is 1.43. The fourth-order valence-electron chi connectivity index (χ4n) is 4.63. The smallest absolute Gasteiger partial charge is 0.272 e. The largest absolute Gasteiger partial charge is 0.348 e. The van der Waals surface area contributed by atoms with Crippen LogP contribution >= 0.6 is 0 Å². The molecule has 2 bridgehead atoms. The lowest BCUT2D eigenvalue weighted by molar-refractivity contribution is -0.00573. The highest BCUT2D eigenvalue weighted by Gasteiger charge is 2.39. The molecule has 6 heteroatoms. The van der Waals surface area contributed by atoms with Crippen molar-refractivity contribution >= 4 is 16.8 Å². The number of nitrogens with one attached hydrogen (secondary N) is 2. The molecule has 1 unspecified atom stereocenters. The summed E-state index contributed by atoms with van der Waals surface area (Å²) in [6.07, 6.45) is 2.02. The van der Waals surface area contributed by atoms with Gasteiger partial charge in [-0.05, 0) is 31.9 Å². The van der Waals surface area contributed by atoms with Crippen molar-refractivity contribution in [1.29, 1.82) is 0 Å². The zero-order chi connectivity index (χ0) is 18.3. The summed E-state index contributed by atoms with van der Waals surface area (Å²) in [5, 5.41) is 11.3. The summed E-state index contributed by atoms with van der Waals surface area (Å²) < 4.78 is 0. The summed E-state index contributed by atoms with van der Waals surface area (Å²) in [6.45, 7) is 7.93. The molecule has 0 saturated carbocycles. The highest BCUT2D eigenvalue weighted by Crippen LogP contribution is 2.28. The van der Waals surface area contributed by atoms with Crippen LogP contribution in [0.4, 0.5) is 0 Å². The van der Waals surface area contributed by atoms with Gasteiger partial charge in [0.25, 0.3) is 5.91 Å². The van der Waals surface area contributed by atoms with Crippen LogP contribution in [-0.2, 0) is 0 Å². The Kier molecular flexibility index (Phi) is 4.71. The van der Waals surface area contributed by atoms with Crippen molar-refractivity contribution in [3.8, 4) is 0 Å². The number of aromatic nitrogens is 2. The van der Waals surface area contributed by atoms with Crippen LogP contribution < -0.4 is 5.32 Å². The SMILES string of the molecule is CC(C)CN1C[C@H]2CC(NC(=O)c3n[nH]c4ccccc34)C[C@@H](C1)N2C. The molecule has 26 heavy (non-hydrogen) atoms. The Bertz CT molecular complexity index is 769. The quantitative estimate of drug-likeness (QED) is 0.882. The molecular formula is C20H29N5O. The molecular weight excluding hydrogens is 326 g/mol. The highest BCUT2D eigenvalue weighted by molar-refractivity contribution is 6.04. The summed E-state index contributed by atoms with van der Waals surface area (Å²) in [4.78, 5) is 17.9. The number of piperidine rings is 1. The van der Waals surface area contributed by atoms with E-state index in [0.29, 0.717) is 23.7 Å². The van der Waals surface area contributed by atoms with E-state index in [4.69, 9.17) is 0 Å². The van der Waals surface area contributed by atoms with Crippen LogP contribution in [0, 0.1) is 5.92 Å². The monoisotopic (exact) mass is 355 g/mol. The van der Waals surface area contributed by atoms with E-state index in [9.17, 15) is 4.79 Å². The van der Waals surface area contributed by atoms with E-state index in [2.05, 4.69) is 46.2 Å². The van der Waals surface area contributed by atoms with Gasteiger partial charge in [0, 0.05) is 43.1 Å². The maximum atomic E-state index is 12.8. The van der Waals surface area contributed by atoms with Crippen LogP contribution in [0.15, 0.2) is 24.3 Å². The zero-order valence-electron chi connectivity index (χ0n) is 15.9. The molecule has 2 fully saturated rings. The average Bonchev–Trinajstić information content (AvgIpc) is 3.00. The lowest BCUT2D eigenvalue weighted by atomic mass is 9.87. The number of likely N-dealkylation sites (N-methyl/N-ethyl adjacent to an activating group) is 1. The number of amides is 1. The lowest BCUT2D eigenvalue weighted by Crippen LogP contribution is -2.64. The van der Waals surface area contributed by atoms with Crippen LogP contribution in [0.5, 0.6) is 0 Å². The first kappa shape index (κ1) is 17.5. The van der Waals surface area contributed by atoms with Gasteiger partial charge in [0.05, 0.1) is 5.52 Å². The number of aromatic amines is 1. The molecule has 2 aliphatic rings. The van der Waals surface area contributed by atoms with Crippen LogP contribution in [0.25, 0.3) is 10.9 Å². The van der Waals surface area contributed by atoms with Crippen molar-refractivity contribution < 1.29 is 4.79 Å². The number of nitrogens with zero attached hydrogens (tertiary/aromatic N) is 3. The van der Waals surface area contributed by atoms with Crippen molar-refractivity contribution in [1.82, 2.24) is 25.3 Å². The summed E-state index contributed by atoms with van der Waals surface area (Å²) >= 11 is 0. The van der Waals surface area contributed by atoms with Crippen molar-refractivity contribution in [2.75, 3.05) is 26.7 Å². The number of carbonyl (C=O) groups is 1. The first-order valence-electron chi connectivity index (χ1n) is 9.69. The van der Waals surface area contributed by atoms with Gasteiger partial charge in [-0.1, -0.05) is 32.0 Å². The molecule has 1 amide bonds. The number of rotatable bonds is 4. The van der Waals surface area contributed by atoms with Crippen LogP contribution in [0.3, 0.4) is 0 Å². The molecule has 0 spiro atoms. The molecule has 140 valence electrons. The third-order valence-corrected chi connectivity index (χ3v) is 5.85. The fraction of sp³-hybridized carbons (Fsp3) is 0.600. The van der Waals surface area contributed by atoms with Gasteiger partial charge in [-0.25, -0.2) is 0 Å². The van der Waals surface area contributed by atoms with E-state index in [1.165, 1.54) is 0 Å². The topological polar surface area (TPSA) is 64.3 Å². The Labute approximate surface area is 154 Å². The first-order valence-corrected chi connectivity index (χ1v) is 9.69. The molecule has 6 nitrogen and oxygen atoms in total. The van der Waals surface area contributed by atoms with Crippen molar-refractivity contribution in [3.63, 3.8) is 0 Å². The molecule has 1 aromatic carbocycles. The molecule has 3 heterocycles. The van der Waals surface area contributed by atoms with Gasteiger partial charge in [-0.3, -0.25) is 19.7 Å². The molecule has 0 aliphatic carbocycles. The van der Waals surface area contributed by atoms with Crippen LogP contribution in [0.1, 0.15) is 37.2 Å². The van der Waals surface area contributed by atoms with Gasteiger partial charge in [-0.15, -0.1) is 0 Å². The number of piperazine rings is 1. The minimum Gasteiger partial charge on any atom is -0.348 e. The summed E-state index contributed by atoms with van der Waals surface area (Å²) in [5.74, 6) is 0.636. The molecule has 2 aliphatic heterocycles. The van der Waals surface area contributed by atoms with E-state index in [0.717, 1.165) is 43.4 Å². The van der Waals surface area contributed by atoms with E-state index in [1.54, 1.807) is 0 Å². The molecule has 2 aromatic rings. The minimum absolute atomic E-state index is 0.0610. The number of para-hydroxylation sites is 1. The standard InChI is InChI=1S/C20H29N5O/c1-13(2)10-25-11-15-8-14(9-16(12-25)24(15)3)21-20(26)19-17-6-4-5-7-18(17)22-23-19/h4-7,13-16H,8-12H2,1-3H3,(H,21,26)(H,22,23)/t14?,15-,16+. The molecule has 3 atom stereocenters. The van der Waals surface area contributed by atoms with Crippen molar-refractivity contribution in [2.45, 2.75) is 44.8 Å². The Hall–Kier alpha value is -1.92. The first-order chi connectivity index (χ1) is 12.5. The molecule has 2 N–H and O–H groups in total. The maximum Gasteiger partial charge on any atom is 0.272 e. The van der Waals surface area contributed by atoms with E-state index < -0.39 is 0 Å². The highest BCUT2D eigenvalue weighted by atomic mass is 16.2. The summed E-state index contributed by atoms with van der Waals surface area (Å²) in [7, 11) is 2.24. The molecule has 0 radical (unpaired) electrons. The Morgan fingerprint density at radius 1 is 1.27 bits per heavy atom. The number of benzene rings is 1. The van der Waals surface area contributed by atoms with E-state index in [1.807, 2.05) is 24.3 Å². The number of H-pyrrole nitrogens is 1. The Morgan fingerprint density at radius 3 is 2.65 bits per heavy atom. The maximum absolute atomic E-state index is 12.8. The fourth-order valence-corrected chi connectivity index (χ4v) is 4.63. The lowest BCUT2D eigenvalue weighted by Gasteiger charge is -2.51. The minimum atomic E-state index is -0.0610. The van der Waals surface area contributed by atoms with Crippen molar-refractivity contribution in [2.24, 2.45) is 5.92 Å². The van der Waals surface area contributed by atoms with Crippen LogP contribution in [0.2, 0.25) is 0 Å². The molecule has 4 rings (SSSR count). The van der Waals surface area contributed by atoms with E-state index in [-0.39, 0.29) is 11.9 Å². The van der Waals surface area contributed by atoms with E-state index >= 15 is 0 Å². The summed E-state index contributed by atoms with van der Waals surface area (Å²) in [6, 6.07) is 9.04. The number of hydrogen-bond acceptors (Lipinski definition) is 4. The normalized spacial score (nSPS) is 27.2. The van der Waals surface area contributed by atoms with Gasteiger partial charge in [0.2, 0.25) is 0 Å². The molecule has 1 aromatic heterocycles. The van der Waals surface area contributed by atoms with Crippen molar-refractivity contribution in [3.05, 3.63) is 30.0 Å². The van der Waals surface area contributed by atoms with Gasteiger partial charge in [0.15, 0.2) is 5.69 Å². The number of carbonyl (C=O) groups excluding carboxylic acids is 1. The summed E-state index contributed by atoms with van der Waals surface area (Å²) in [5.41, 5.74) is 1.41. The molecule has 2 saturated heterocycles. The Morgan fingerprint density at radius 2 is 1.96 bits per heavy atom. The second-order valence-electron chi connectivity index (χ2n) is 8.35. The van der Waals surface area contributed by atoms with Gasteiger partial charge < -0.3 is 5.32 Å². The van der Waals surface area contributed by atoms with Gasteiger partial charge >= 0.3 is 0 Å². The average molecular weight is 355 g/mol. The second kappa shape index (κ2) is 7.00. The third kappa shape index (κ3) is 3.35. The van der Waals surface area contributed by atoms with Gasteiger partial charge in [-0.2, -0.15) is 5.10 Å². The predicted octanol–water partition coefficient (Wildman–Crippen LogP) is 2.10. The third-order valence-electron chi connectivity index (χ3n) is 5.85. The van der Waals surface area contributed by atoms with Gasteiger partial charge in [0.1, 0.15) is 0 Å². The number of fused-ring (bicyclic) bond motifs is 3. The second-order valence-corrected chi connectivity index (χ2v) is 8.35. The predicted molar refractivity (Wildman–Crippen MR) is 103 cm³/mol.